The molecule has 1 heterocycles. The molecule has 0 amide bonds. The van der Waals surface area contributed by atoms with Crippen LogP contribution in [0.1, 0.15) is 23.6 Å². The molecule has 2 aromatic rings. The first kappa shape index (κ1) is 21.2. The zero-order valence-corrected chi connectivity index (χ0v) is 18.4. The number of likely N-dealkylation sites (N-methyl/N-ethyl adjacent to an activating group) is 1. The molecule has 3 nitrogen and oxygen atoms in total. The first-order valence-electron chi connectivity index (χ1n) is 9.24. The number of hydrogen-bond acceptors (Lipinski definition) is 3. The van der Waals surface area contributed by atoms with Crippen LogP contribution in [-0.4, -0.2) is 55.1 Å². The predicted molar refractivity (Wildman–Crippen MR) is 120 cm³/mol. The lowest BCUT2D eigenvalue weighted by atomic mass is 9.96. The zero-order valence-electron chi connectivity index (χ0n) is 16.2. The Morgan fingerprint density at radius 3 is 2.12 bits per heavy atom. The fourth-order valence-electron chi connectivity index (χ4n) is 3.47. The molecule has 0 aliphatic carbocycles. The minimum atomic E-state index is 0.477. The highest BCUT2D eigenvalue weighted by atomic mass is 127. The topological polar surface area (TPSA) is 15.7 Å². The molecule has 4 heteroatoms. The lowest BCUT2D eigenvalue weighted by Gasteiger charge is -2.38. The molecular formula is C22H31IN2O. The van der Waals surface area contributed by atoms with E-state index in [9.17, 15) is 0 Å². The van der Waals surface area contributed by atoms with Gasteiger partial charge in [0.1, 0.15) is 5.75 Å². The fourth-order valence-corrected chi connectivity index (χ4v) is 3.47. The van der Waals surface area contributed by atoms with Gasteiger partial charge in [-0.2, -0.15) is 0 Å². The van der Waals surface area contributed by atoms with Crippen LogP contribution in [0.3, 0.4) is 0 Å². The summed E-state index contributed by atoms with van der Waals surface area (Å²) in [5.74, 6) is 0.930. The van der Waals surface area contributed by atoms with E-state index in [4.69, 9.17) is 4.74 Å². The van der Waals surface area contributed by atoms with E-state index < -0.39 is 0 Å². The molecule has 0 radical (unpaired) electrons. The largest absolute Gasteiger partial charge is 0.497 e. The Labute approximate surface area is 172 Å². The molecule has 1 fully saturated rings. The van der Waals surface area contributed by atoms with Gasteiger partial charge in [-0.1, -0.05) is 65.1 Å². The van der Waals surface area contributed by atoms with E-state index in [1.807, 2.05) is 4.93 Å². The van der Waals surface area contributed by atoms with Crippen LogP contribution in [0.25, 0.3) is 0 Å². The van der Waals surface area contributed by atoms with E-state index in [2.05, 4.69) is 94.0 Å². The van der Waals surface area contributed by atoms with Crippen LogP contribution in [0.5, 0.6) is 5.75 Å². The highest BCUT2D eigenvalue weighted by Gasteiger charge is 2.23. The van der Waals surface area contributed by atoms with Gasteiger partial charge in [0.05, 0.1) is 7.11 Å². The van der Waals surface area contributed by atoms with E-state index in [-0.39, 0.29) is 0 Å². The highest BCUT2D eigenvalue weighted by molar-refractivity contribution is 14.1. The number of aryl methyl sites for hydroxylation is 1. The van der Waals surface area contributed by atoms with Crippen molar-refractivity contribution in [2.75, 3.05) is 45.3 Å². The molecule has 0 aromatic heterocycles. The quantitative estimate of drug-likeness (QED) is 0.455. The second-order valence-electron chi connectivity index (χ2n) is 6.65. The van der Waals surface area contributed by atoms with Crippen molar-refractivity contribution in [1.82, 2.24) is 9.80 Å². The summed E-state index contributed by atoms with van der Waals surface area (Å²) in [7, 11) is 3.94. The third-order valence-electron chi connectivity index (χ3n) is 5.03. The maximum atomic E-state index is 5.32. The van der Waals surface area contributed by atoms with Gasteiger partial charge in [0.25, 0.3) is 0 Å². The number of piperazine rings is 1. The first-order valence-corrected chi connectivity index (χ1v) is 11.4. The molecule has 0 saturated carbocycles. The summed E-state index contributed by atoms with van der Waals surface area (Å²) in [5.41, 5.74) is 2.82. The Kier molecular flexibility index (Phi) is 9.43. The molecule has 0 spiro atoms. The second kappa shape index (κ2) is 11.6. The van der Waals surface area contributed by atoms with Gasteiger partial charge in [-0.25, -0.2) is 0 Å². The highest BCUT2D eigenvalue weighted by Crippen LogP contribution is 2.28. The Hall–Kier alpha value is -1.11. The Morgan fingerprint density at radius 1 is 0.923 bits per heavy atom. The number of benzene rings is 2. The molecule has 142 valence electrons. The summed E-state index contributed by atoms with van der Waals surface area (Å²) in [4.78, 5) is 7.03. The van der Waals surface area contributed by atoms with Crippen molar-refractivity contribution in [3.63, 3.8) is 0 Å². The summed E-state index contributed by atoms with van der Waals surface area (Å²) in [6.45, 7) is 4.58. The van der Waals surface area contributed by atoms with Gasteiger partial charge in [0.2, 0.25) is 0 Å². The van der Waals surface area contributed by atoms with E-state index in [0.717, 1.165) is 44.8 Å². The Morgan fingerprint density at radius 2 is 1.54 bits per heavy atom. The lowest BCUT2D eigenvalue weighted by Crippen LogP contribution is -2.46. The zero-order chi connectivity index (χ0) is 18.8. The predicted octanol–water partition coefficient (Wildman–Crippen LogP) is 4.67. The average molecular weight is 466 g/mol. The van der Waals surface area contributed by atoms with Gasteiger partial charge in [-0.15, -0.1) is 0 Å². The van der Waals surface area contributed by atoms with Gasteiger partial charge >= 0.3 is 0 Å². The van der Waals surface area contributed by atoms with Crippen molar-refractivity contribution in [2.45, 2.75) is 18.9 Å². The third kappa shape index (κ3) is 6.25. The molecule has 1 aliphatic rings. The smallest absolute Gasteiger partial charge is 0.118 e. The first-order chi connectivity index (χ1) is 12.8. The monoisotopic (exact) mass is 466 g/mol. The van der Waals surface area contributed by atoms with Crippen molar-refractivity contribution >= 4 is 22.6 Å². The van der Waals surface area contributed by atoms with E-state index in [0.29, 0.717) is 6.04 Å². The Bertz CT molecular complexity index is 610. The van der Waals surface area contributed by atoms with Gasteiger partial charge in [-0.05, 0) is 48.1 Å². The van der Waals surface area contributed by atoms with Gasteiger partial charge in [0, 0.05) is 32.2 Å². The number of nitrogens with zero attached hydrogens (tertiary/aromatic N) is 2. The van der Waals surface area contributed by atoms with Crippen molar-refractivity contribution in [2.24, 2.45) is 0 Å². The maximum absolute atomic E-state index is 5.32. The second-order valence-corrected chi connectivity index (χ2v) is 6.65. The van der Waals surface area contributed by atoms with Crippen LogP contribution in [0.15, 0.2) is 54.6 Å². The van der Waals surface area contributed by atoms with Crippen LogP contribution in [0.2, 0.25) is 0 Å². The molecule has 1 unspecified atom stereocenters. The van der Waals surface area contributed by atoms with Crippen LogP contribution >= 0.6 is 22.6 Å². The standard InChI is InChI=1S/C21H28N2O.CH3I/c1-22-14-16-23(17-15-22)21(13-8-18-6-4-3-5-7-18)19-9-11-20(24-2)12-10-19;1-2/h3-7,9-12,21H,8,13-17H2,1-2H3;1H3. The van der Waals surface area contributed by atoms with Crippen molar-refractivity contribution < 1.29 is 4.74 Å². The van der Waals surface area contributed by atoms with Crippen molar-refractivity contribution in [1.29, 1.82) is 0 Å². The lowest BCUT2D eigenvalue weighted by molar-refractivity contribution is 0.107. The van der Waals surface area contributed by atoms with Gasteiger partial charge < -0.3 is 9.64 Å². The number of hydrogen-bond donors (Lipinski definition) is 0. The maximum Gasteiger partial charge on any atom is 0.118 e. The summed E-state index contributed by atoms with van der Waals surface area (Å²) in [6.07, 6.45) is 2.27. The number of rotatable bonds is 6. The number of ether oxygens (including phenoxy) is 1. The molecule has 2 aromatic carbocycles. The minimum Gasteiger partial charge on any atom is -0.497 e. The molecule has 1 aliphatic heterocycles. The van der Waals surface area contributed by atoms with E-state index in [1.165, 1.54) is 11.1 Å². The number of methoxy groups -OCH3 is 1. The molecule has 1 saturated heterocycles. The summed E-state index contributed by atoms with van der Waals surface area (Å²) in [5, 5.41) is 0. The molecule has 0 bridgehead atoms. The summed E-state index contributed by atoms with van der Waals surface area (Å²) in [6, 6.07) is 19.9. The minimum absolute atomic E-state index is 0.477. The fraction of sp³-hybridized carbons (Fsp3) is 0.455. The molecule has 1 atom stereocenters. The molecular weight excluding hydrogens is 435 g/mol. The van der Waals surface area contributed by atoms with Crippen molar-refractivity contribution in [3.05, 3.63) is 65.7 Å². The van der Waals surface area contributed by atoms with Crippen LogP contribution in [0, 0.1) is 0 Å². The molecule has 3 rings (SSSR count). The van der Waals surface area contributed by atoms with Gasteiger partial charge in [0.15, 0.2) is 0 Å². The van der Waals surface area contributed by atoms with Crippen LogP contribution in [-0.2, 0) is 6.42 Å². The van der Waals surface area contributed by atoms with E-state index >= 15 is 0 Å². The van der Waals surface area contributed by atoms with E-state index in [1.54, 1.807) is 7.11 Å². The molecule has 0 N–H and O–H groups in total. The average Bonchev–Trinajstić information content (AvgIpc) is 2.72. The van der Waals surface area contributed by atoms with Crippen LogP contribution in [0.4, 0.5) is 0 Å². The molecule has 26 heavy (non-hydrogen) atoms. The summed E-state index contributed by atoms with van der Waals surface area (Å²) >= 11 is 2.15. The Balaban J connectivity index is 0.00000117. The SMILES string of the molecule is CI.COc1ccc(C(CCc2ccccc2)N2CCN(C)CC2)cc1. The van der Waals surface area contributed by atoms with Crippen LogP contribution < -0.4 is 4.74 Å². The summed E-state index contributed by atoms with van der Waals surface area (Å²) < 4.78 is 5.32. The van der Waals surface area contributed by atoms with Crippen molar-refractivity contribution in [3.8, 4) is 5.75 Å². The number of alkyl halides is 1. The third-order valence-corrected chi connectivity index (χ3v) is 5.03. The van der Waals surface area contributed by atoms with Gasteiger partial charge in [-0.3, -0.25) is 4.90 Å². The normalized spacial score (nSPS) is 16.5. The number of halogens is 1.